The molecule has 1 atom stereocenters. The summed E-state index contributed by atoms with van der Waals surface area (Å²) >= 11 is 7.48. The third-order valence-electron chi connectivity index (χ3n) is 1.74. The Morgan fingerprint density at radius 1 is 1.62 bits per heavy atom. The van der Waals surface area contributed by atoms with Crippen LogP contribution in [0.25, 0.3) is 0 Å². The van der Waals surface area contributed by atoms with Gasteiger partial charge in [-0.05, 0) is 11.4 Å². The molecule has 0 aromatic carbocycles. The predicted octanol–water partition coefficient (Wildman–Crippen LogP) is 2.17. The van der Waals surface area contributed by atoms with Gasteiger partial charge in [0.15, 0.2) is 0 Å². The SMILES string of the molecule is NC(c1ncc[nH]1)c1sccc1Cl. The highest BCUT2D eigenvalue weighted by Gasteiger charge is 2.15. The maximum absolute atomic E-state index is 5.94. The third-order valence-corrected chi connectivity index (χ3v) is 3.18. The molecule has 0 fully saturated rings. The quantitative estimate of drug-likeness (QED) is 0.804. The number of imidazole rings is 1. The lowest BCUT2D eigenvalue weighted by molar-refractivity contribution is 0.817. The molecule has 3 nitrogen and oxygen atoms in total. The van der Waals surface area contributed by atoms with Crippen molar-refractivity contribution in [2.75, 3.05) is 0 Å². The number of rotatable bonds is 2. The van der Waals surface area contributed by atoms with Crippen molar-refractivity contribution in [1.29, 1.82) is 0 Å². The molecule has 13 heavy (non-hydrogen) atoms. The van der Waals surface area contributed by atoms with E-state index < -0.39 is 0 Å². The normalized spacial score (nSPS) is 13.1. The van der Waals surface area contributed by atoms with Crippen molar-refractivity contribution in [3.63, 3.8) is 0 Å². The summed E-state index contributed by atoms with van der Waals surface area (Å²) in [4.78, 5) is 7.99. The molecule has 0 aliphatic heterocycles. The minimum atomic E-state index is -0.248. The Hall–Kier alpha value is -0.840. The van der Waals surface area contributed by atoms with Crippen LogP contribution in [0.5, 0.6) is 0 Å². The molecule has 3 N–H and O–H groups in total. The Bertz CT molecular complexity index is 382. The monoisotopic (exact) mass is 213 g/mol. The van der Waals surface area contributed by atoms with Gasteiger partial charge in [0.05, 0.1) is 11.1 Å². The average molecular weight is 214 g/mol. The van der Waals surface area contributed by atoms with E-state index in [1.165, 1.54) is 11.3 Å². The Kier molecular flexibility index (Phi) is 2.35. The van der Waals surface area contributed by atoms with Gasteiger partial charge in [-0.15, -0.1) is 11.3 Å². The number of nitrogens with one attached hydrogen (secondary N) is 1. The summed E-state index contributed by atoms with van der Waals surface area (Å²) in [5, 5.41) is 2.62. The Labute approximate surface area is 84.6 Å². The number of aromatic nitrogens is 2. The smallest absolute Gasteiger partial charge is 0.128 e. The topological polar surface area (TPSA) is 54.7 Å². The van der Waals surface area contributed by atoms with Crippen LogP contribution in [-0.4, -0.2) is 9.97 Å². The molecule has 0 amide bonds. The molecule has 68 valence electrons. The van der Waals surface area contributed by atoms with E-state index in [0.717, 1.165) is 10.7 Å². The zero-order chi connectivity index (χ0) is 9.26. The largest absolute Gasteiger partial charge is 0.347 e. The third kappa shape index (κ3) is 1.60. The molecular weight excluding hydrogens is 206 g/mol. The van der Waals surface area contributed by atoms with Crippen LogP contribution in [-0.2, 0) is 0 Å². The number of H-pyrrole nitrogens is 1. The van der Waals surface area contributed by atoms with Crippen molar-refractivity contribution in [1.82, 2.24) is 9.97 Å². The molecule has 1 unspecified atom stereocenters. The van der Waals surface area contributed by atoms with Crippen LogP contribution >= 0.6 is 22.9 Å². The van der Waals surface area contributed by atoms with Gasteiger partial charge < -0.3 is 10.7 Å². The van der Waals surface area contributed by atoms with Crippen molar-refractivity contribution >= 4 is 22.9 Å². The van der Waals surface area contributed by atoms with Gasteiger partial charge in [0.1, 0.15) is 5.82 Å². The highest BCUT2D eigenvalue weighted by Crippen LogP contribution is 2.29. The van der Waals surface area contributed by atoms with Crippen LogP contribution < -0.4 is 5.73 Å². The molecule has 2 rings (SSSR count). The molecule has 0 spiro atoms. The number of nitrogens with two attached hydrogens (primary N) is 1. The second kappa shape index (κ2) is 3.49. The molecule has 0 bridgehead atoms. The van der Waals surface area contributed by atoms with Gasteiger partial charge in [-0.2, -0.15) is 0 Å². The molecule has 0 aliphatic carbocycles. The molecule has 2 aromatic rings. The van der Waals surface area contributed by atoms with Gasteiger partial charge in [0.2, 0.25) is 0 Å². The standard InChI is InChI=1S/C8H8ClN3S/c9-5-1-4-13-7(5)6(10)8-11-2-3-12-8/h1-4,6H,10H2,(H,11,12). The van der Waals surface area contributed by atoms with Crippen LogP contribution in [0, 0.1) is 0 Å². The lowest BCUT2D eigenvalue weighted by Crippen LogP contribution is -2.12. The highest BCUT2D eigenvalue weighted by atomic mass is 35.5. The van der Waals surface area contributed by atoms with Crippen LogP contribution in [0.3, 0.4) is 0 Å². The number of nitrogens with zero attached hydrogens (tertiary/aromatic N) is 1. The average Bonchev–Trinajstić information content (AvgIpc) is 2.72. The number of hydrogen-bond acceptors (Lipinski definition) is 3. The minimum Gasteiger partial charge on any atom is -0.347 e. The van der Waals surface area contributed by atoms with Crippen LogP contribution in [0.4, 0.5) is 0 Å². The van der Waals surface area contributed by atoms with Crippen molar-refractivity contribution < 1.29 is 0 Å². The van der Waals surface area contributed by atoms with E-state index in [4.69, 9.17) is 17.3 Å². The predicted molar refractivity (Wildman–Crippen MR) is 53.9 cm³/mol. The summed E-state index contributed by atoms with van der Waals surface area (Å²) in [7, 11) is 0. The molecule has 0 saturated carbocycles. The number of halogens is 1. The first-order chi connectivity index (χ1) is 6.29. The van der Waals surface area contributed by atoms with E-state index >= 15 is 0 Å². The Morgan fingerprint density at radius 2 is 2.46 bits per heavy atom. The number of aromatic amines is 1. The lowest BCUT2D eigenvalue weighted by atomic mass is 10.2. The van der Waals surface area contributed by atoms with E-state index in [0.29, 0.717) is 5.02 Å². The van der Waals surface area contributed by atoms with Gasteiger partial charge >= 0.3 is 0 Å². The molecule has 2 heterocycles. The molecule has 0 aliphatic rings. The minimum absolute atomic E-state index is 0.248. The summed E-state index contributed by atoms with van der Waals surface area (Å²) in [6.07, 6.45) is 3.42. The summed E-state index contributed by atoms with van der Waals surface area (Å²) in [6.45, 7) is 0. The second-order valence-electron chi connectivity index (χ2n) is 2.58. The van der Waals surface area contributed by atoms with Crippen LogP contribution in [0.1, 0.15) is 16.7 Å². The fourth-order valence-electron chi connectivity index (χ4n) is 1.10. The maximum atomic E-state index is 5.94. The maximum Gasteiger partial charge on any atom is 0.128 e. The van der Waals surface area contributed by atoms with Crippen LogP contribution in [0.2, 0.25) is 5.02 Å². The molecule has 0 radical (unpaired) electrons. The van der Waals surface area contributed by atoms with Crippen molar-refractivity contribution in [2.24, 2.45) is 5.73 Å². The van der Waals surface area contributed by atoms with Gasteiger partial charge in [-0.1, -0.05) is 11.6 Å². The molecular formula is C8H8ClN3S. The van der Waals surface area contributed by atoms with E-state index in [-0.39, 0.29) is 6.04 Å². The zero-order valence-electron chi connectivity index (χ0n) is 6.70. The van der Waals surface area contributed by atoms with Crippen molar-refractivity contribution in [3.05, 3.63) is 39.6 Å². The first-order valence-electron chi connectivity index (χ1n) is 3.77. The lowest BCUT2D eigenvalue weighted by Gasteiger charge is -2.06. The van der Waals surface area contributed by atoms with E-state index in [1.807, 2.05) is 11.4 Å². The number of hydrogen-bond donors (Lipinski definition) is 2. The van der Waals surface area contributed by atoms with E-state index in [1.54, 1.807) is 12.4 Å². The first-order valence-corrected chi connectivity index (χ1v) is 5.02. The number of thiophene rings is 1. The Morgan fingerprint density at radius 3 is 3.00 bits per heavy atom. The Balaban J connectivity index is 2.33. The van der Waals surface area contributed by atoms with Crippen molar-refractivity contribution in [2.45, 2.75) is 6.04 Å². The molecule has 0 saturated heterocycles. The summed E-state index contributed by atoms with van der Waals surface area (Å²) in [5.41, 5.74) is 5.94. The van der Waals surface area contributed by atoms with E-state index in [9.17, 15) is 0 Å². The van der Waals surface area contributed by atoms with Gasteiger partial charge in [0, 0.05) is 17.3 Å². The van der Waals surface area contributed by atoms with Gasteiger partial charge in [-0.3, -0.25) is 0 Å². The zero-order valence-corrected chi connectivity index (χ0v) is 8.27. The second-order valence-corrected chi connectivity index (χ2v) is 3.94. The summed E-state index contributed by atoms with van der Waals surface area (Å²) < 4.78 is 0. The fraction of sp³-hybridized carbons (Fsp3) is 0.125. The van der Waals surface area contributed by atoms with E-state index in [2.05, 4.69) is 9.97 Å². The van der Waals surface area contributed by atoms with Gasteiger partial charge in [0.25, 0.3) is 0 Å². The van der Waals surface area contributed by atoms with Crippen molar-refractivity contribution in [3.8, 4) is 0 Å². The molecule has 2 aromatic heterocycles. The molecule has 5 heteroatoms. The van der Waals surface area contributed by atoms with Gasteiger partial charge in [-0.25, -0.2) is 4.98 Å². The highest BCUT2D eigenvalue weighted by molar-refractivity contribution is 7.10. The fourth-order valence-corrected chi connectivity index (χ4v) is 2.28. The van der Waals surface area contributed by atoms with Crippen LogP contribution in [0.15, 0.2) is 23.8 Å². The summed E-state index contributed by atoms with van der Waals surface area (Å²) in [6, 6.07) is 1.59. The summed E-state index contributed by atoms with van der Waals surface area (Å²) in [5.74, 6) is 0.740. The first kappa shape index (κ1) is 8.74.